The summed E-state index contributed by atoms with van der Waals surface area (Å²) in [5, 5.41) is 0. The lowest BCUT2D eigenvalue weighted by Gasteiger charge is -2.10. The molecule has 0 amide bonds. The molecule has 96 valence electrons. The molecular weight excluding hydrogens is 210 g/mol. The van der Waals surface area contributed by atoms with Crippen molar-refractivity contribution < 1.29 is 19.1 Å². The Morgan fingerprint density at radius 1 is 1.19 bits per heavy atom. The zero-order chi connectivity index (χ0) is 13.1. The molecule has 0 aromatic rings. The molecule has 0 N–H and O–H groups in total. The average molecular weight is 233 g/mol. The second-order valence-electron chi connectivity index (χ2n) is 3.58. The lowest BCUT2D eigenvalue weighted by atomic mass is 10.2. The molecule has 0 aromatic heterocycles. The molecule has 0 saturated carbocycles. The molecule has 0 heterocycles. The largest absolute Gasteiger partial charge is 0.469 e. The molecule has 0 spiro atoms. The van der Waals surface area contributed by atoms with Gasteiger partial charge in [0, 0.05) is 0 Å². The summed E-state index contributed by atoms with van der Waals surface area (Å²) < 4.78 is 8.81. The highest BCUT2D eigenvalue weighted by atomic mass is 16.5. The Morgan fingerprint density at radius 3 is 1.88 bits per heavy atom. The van der Waals surface area contributed by atoms with Crippen LogP contribution < -0.4 is 0 Å². The van der Waals surface area contributed by atoms with Crippen molar-refractivity contribution in [2.45, 2.75) is 20.8 Å². The van der Waals surface area contributed by atoms with Gasteiger partial charge in [-0.25, -0.2) is 0 Å². The van der Waals surface area contributed by atoms with Crippen molar-refractivity contribution in [1.29, 1.82) is 0 Å². The maximum atomic E-state index is 10.5. The minimum atomic E-state index is -0.181. The van der Waals surface area contributed by atoms with Gasteiger partial charge in [-0.05, 0) is 13.6 Å². The summed E-state index contributed by atoms with van der Waals surface area (Å²) in [6.07, 6.45) is 0. The number of nitrogens with zero attached hydrogens (tertiary/aromatic N) is 1. The van der Waals surface area contributed by atoms with Crippen LogP contribution in [0, 0.1) is 5.92 Å². The van der Waals surface area contributed by atoms with E-state index >= 15 is 0 Å². The van der Waals surface area contributed by atoms with Gasteiger partial charge in [-0.3, -0.25) is 14.5 Å². The third-order valence-corrected chi connectivity index (χ3v) is 1.84. The van der Waals surface area contributed by atoms with E-state index in [9.17, 15) is 9.59 Å². The minimum Gasteiger partial charge on any atom is -0.469 e. The van der Waals surface area contributed by atoms with Crippen LogP contribution in [0.1, 0.15) is 20.8 Å². The number of esters is 2. The zero-order valence-corrected chi connectivity index (χ0v) is 11.1. The van der Waals surface area contributed by atoms with E-state index in [4.69, 9.17) is 0 Å². The first-order valence-corrected chi connectivity index (χ1v) is 5.22. The molecule has 5 heteroatoms. The van der Waals surface area contributed by atoms with Crippen LogP contribution in [0.5, 0.6) is 0 Å². The summed E-state index contributed by atoms with van der Waals surface area (Å²) in [5.74, 6) is -0.329. The number of carbonyl (C=O) groups excluding carboxylic acids is 2. The Kier molecular flexibility index (Phi) is 11.3. The van der Waals surface area contributed by atoms with E-state index in [1.807, 2.05) is 18.9 Å². The fourth-order valence-electron chi connectivity index (χ4n) is 0.632. The van der Waals surface area contributed by atoms with E-state index in [0.29, 0.717) is 6.54 Å². The topological polar surface area (TPSA) is 55.8 Å². The van der Waals surface area contributed by atoms with Crippen molar-refractivity contribution in [3.05, 3.63) is 0 Å². The monoisotopic (exact) mass is 233 g/mol. The number of hydrogen-bond donors (Lipinski definition) is 0. The van der Waals surface area contributed by atoms with E-state index in [0.717, 1.165) is 6.54 Å². The van der Waals surface area contributed by atoms with Gasteiger partial charge in [-0.15, -0.1) is 0 Å². The van der Waals surface area contributed by atoms with Crippen molar-refractivity contribution in [2.24, 2.45) is 5.92 Å². The zero-order valence-electron chi connectivity index (χ0n) is 11.1. The van der Waals surface area contributed by atoms with E-state index in [1.54, 1.807) is 13.8 Å². The van der Waals surface area contributed by atoms with Crippen LogP contribution in [0.3, 0.4) is 0 Å². The highest BCUT2D eigenvalue weighted by Gasteiger charge is 2.03. The molecule has 0 aliphatic heterocycles. The van der Waals surface area contributed by atoms with E-state index in [-0.39, 0.29) is 17.9 Å². The molecule has 0 aliphatic rings. The Hall–Kier alpha value is -1.10. The highest BCUT2D eigenvalue weighted by molar-refractivity contribution is 5.71. The van der Waals surface area contributed by atoms with Crippen LogP contribution in [-0.4, -0.2) is 51.2 Å². The standard InChI is InChI=1S/C6H13NO2.C5H10O2/c1-4-7(2)5-6(8)9-3;1-4(2)5(6)7-3/h4-5H2,1-3H3;4H,1-3H3. The van der Waals surface area contributed by atoms with Crippen LogP contribution in [0.25, 0.3) is 0 Å². The summed E-state index contributed by atoms with van der Waals surface area (Å²) in [7, 11) is 4.66. The third kappa shape index (κ3) is 11.0. The second kappa shape index (κ2) is 10.4. The van der Waals surface area contributed by atoms with Crippen molar-refractivity contribution in [1.82, 2.24) is 4.90 Å². The first-order chi connectivity index (χ1) is 7.38. The van der Waals surface area contributed by atoms with Gasteiger partial charge in [-0.1, -0.05) is 20.8 Å². The molecule has 16 heavy (non-hydrogen) atoms. The van der Waals surface area contributed by atoms with Crippen molar-refractivity contribution in [2.75, 3.05) is 34.4 Å². The molecule has 0 aliphatic carbocycles. The van der Waals surface area contributed by atoms with Gasteiger partial charge in [0.05, 0.1) is 26.7 Å². The number of methoxy groups -OCH3 is 2. The van der Waals surface area contributed by atoms with Crippen LogP contribution in [0.15, 0.2) is 0 Å². The van der Waals surface area contributed by atoms with Crippen molar-refractivity contribution in [3.8, 4) is 0 Å². The fraction of sp³-hybridized carbons (Fsp3) is 0.818. The number of rotatable bonds is 4. The van der Waals surface area contributed by atoms with Crippen molar-refractivity contribution in [3.63, 3.8) is 0 Å². The van der Waals surface area contributed by atoms with Gasteiger partial charge < -0.3 is 9.47 Å². The number of ether oxygens (including phenoxy) is 2. The molecule has 0 rings (SSSR count). The Labute approximate surface area is 97.7 Å². The highest BCUT2D eigenvalue weighted by Crippen LogP contribution is 1.91. The van der Waals surface area contributed by atoms with Gasteiger partial charge in [0.25, 0.3) is 0 Å². The first kappa shape index (κ1) is 17.3. The number of hydrogen-bond acceptors (Lipinski definition) is 5. The van der Waals surface area contributed by atoms with Crippen molar-refractivity contribution >= 4 is 11.9 Å². The van der Waals surface area contributed by atoms with Crippen LogP contribution >= 0.6 is 0 Å². The molecular formula is C11H23NO4. The van der Waals surface area contributed by atoms with Gasteiger partial charge in [-0.2, -0.15) is 0 Å². The summed E-state index contributed by atoms with van der Waals surface area (Å²) in [4.78, 5) is 22.7. The Balaban J connectivity index is 0. The summed E-state index contributed by atoms with van der Waals surface area (Å²) >= 11 is 0. The molecule has 0 atom stereocenters. The van der Waals surface area contributed by atoms with Crippen LogP contribution in [-0.2, 0) is 19.1 Å². The average Bonchev–Trinajstić information content (AvgIpc) is 2.28. The number of carbonyl (C=O) groups is 2. The Morgan fingerprint density at radius 2 is 1.69 bits per heavy atom. The third-order valence-electron chi connectivity index (χ3n) is 1.84. The Bertz CT molecular complexity index is 204. The molecule has 0 radical (unpaired) electrons. The van der Waals surface area contributed by atoms with Crippen LogP contribution in [0.2, 0.25) is 0 Å². The first-order valence-electron chi connectivity index (χ1n) is 5.22. The maximum Gasteiger partial charge on any atom is 0.319 e. The van der Waals surface area contributed by atoms with Gasteiger partial charge >= 0.3 is 11.9 Å². The molecule has 0 saturated heterocycles. The lowest BCUT2D eigenvalue weighted by Crippen LogP contribution is -2.26. The lowest BCUT2D eigenvalue weighted by molar-refractivity contribution is -0.144. The molecule has 0 unspecified atom stereocenters. The summed E-state index contributed by atoms with van der Waals surface area (Å²) in [6, 6.07) is 0. The predicted octanol–water partition coefficient (Wildman–Crippen LogP) is 0.926. The quantitative estimate of drug-likeness (QED) is 0.676. The minimum absolute atomic E-state index is 0.00463. The molecule has 0 aromatic carbocycles. The van der Waals surface area contributed by atoms with E-state index in [2.05, 4.69) is 9.47 Å². The number of likely N-dealkylation sites (N-methyl/N-ethyl adjacent to an activating group) is 1. The van der Waals surface area contributed by atoms with E-state index < -0.39 is 0 Å². The van der Waals surface area contributed by atoms with E-state index in [1.165, 1.54) is 14.2 Å². The van der Waals surface area contributed by atoms with Crippen LogP contribution in [0.4, 0.5) is 0 Å². The van der Waals surface area contributed by atoms with Gasteiger partial charge in [0.1, 0.15) is 0 Å². The van der Waals surface area contributed by atoms with Gasteiger partial charge in [0.15, 0.2) is 0 Å². The predicted molar refractivity (Wildman–Crippen MR) is 62.0 cm³/mol. The fourth-order valence-corrected chi connectivity index (χ4v) is 0.632. The summed E-state index contributed by atoms with van der Waals surface area (Å²) in [6.45, 7) is 6.84. The SMILES string of the molecule is CCN(C)CC(=O)OC.COC(=O)C(C)C. The summed E-state index contributed by atoms with van der Waals surface area (Å²) in [5.41, 5.74) is 0. The molecule has 0 fully saturated rings. The molecule has 0 bridgehead atoms. The second-order valence-corrected chi connectivity index (χ2v) is 3.58. The maximum absolute atomic E-state index is 10.5. The normalized spacial score (nSPS) is 9.50. The molecule has 5 nitrogen and oxygen atoms in total. The smallest absolute Gasteiger partial charge is 0.319 e. The van der Waals surface area contributed by atoms with Gasteiger partial charge in [0.2, 0.25) is 0 Å².